The Bertz CT molecular complexity index is 1010. The van der Waals surface area contributed by atoms with Gasteiger partial charge in [0, 0.05) is 12.6 Å². The molecule has 0 radical (unpaired) electrons. The third-order valence-electron chi connectivity index (χ3n) is 4.51. The van der Waals surface area contributed by atoms with E-state index >= 15 is 0 Å². The van der Waals surface area contributed by atoms with Crippen LogP contribution in [0.5, 0.6) is 0 Å². The summed E-state index contributed by atoms with van der Waals surface area (Å²) in [7, 11) is 0. The molecule has 4 rings (SSSR count). The van der Waals surface area contributed by atoms with Crippen LogP contribution in [0.3, 0.4) is 0 Å². The van der Waals surface area contributed by atoms with Crippen LogP contribution in [0.1, 0.15) is 32.7 Å². The second-order valence-corrected chi connectivity index (χ2v) is 6.36. The van der Waals surface area contributed by atoms with Crippen molar-refractivity contribution < 1.29 is 19.1 Å². The number of rotatable bonds is 6. The standard InChI is InChI=1S/C21H17N3O4/c25-19(11-10-15-12-22-24(13-15)16-6-2-1-3-7-16)28-14-23-20(26)17-8-4-5-9-18(17)21(23)27/h1-9,12-13H,10-11,14H2. The lowest BCUT2D eigenvalue weighted by Crippen LogP contribution is -2.33. The SMILES string of the molecule is O=C(CCc1cnn(-c2ccccc2)c1)OCN1C(=O)c2ccccc2C1=O. The van der Waals surface area contributed by atoms with Gasteiger partial charge in [-0.25, -0.2) is 9.58 Å². The fraction of sp³-hybridized carbons (Fsp3) is 0.143. The number of imide groups is 1. The van der Waals surface area contributed by atoms with Gasteiger partial charge in [-0.05, 0) is 36.2 Å². The highest BCUT2D eigenvalue weighted by molar-refractivity contribution is 6.21. The molecule has 2 amide bonds. The molecule has 3 aromatic rings. The van der Waals surface area contributed by atoms with Crippen molar-refractivity contribution in [3.05, 3.63) is 83.7 Å². The van der Waals surface area contributed by atoms with Gasteiger partial charge in [-0.15, -0.1) is 0 Å². The van der Waals surface area contributed by atoms with Gasteiger partial charge in [0.05, 0.1) is 23.0 Å². The summed E-state index contributed by atoms with van der Waals surface area (Å²) >= 11 is 0. The maximum atomic E-state index is 12.2. The number of aryl methyl sites for hydroxylation is 1. The van der Waals surface area contributed by atoms with Gasteiger partial charge in [0.15, 0.2) is 6.73 Å². The summed E-state index contributed by atoms with van der Waals surface area (Å²) in [5, 5.41) is 4.28. The number of ether oxygens (including phenoxy) is 1. The van der Waals surface area contributed by atoms with Crippen LogP contribution < -0.4 is 0 Å². The average Bonchev–Trinajstić information content (AvgIpc) is 3.30. The highest BCUT2D eigenvalue weighted by Gasteiger charge is 2.35. The number of aromatic nitrogens is 2. The first-order valence-electron chi connectivity index (χ1n) is 8.83. The van der Waals surface area contributed by atoms with E-state index in [1.165, 1.54) is 0 Å². The Morgan fingerprint density at radius 3 is 2.25 bits per heavy atom. The van der Waals surface area contributed by atoms with E-state index in [0.29, 0.717) is 17.5 Å². The Labute approximate surface area is 161 Å². The van der Waals surface area contributed by atoms with Crippen molar-refractivity contribution in [1.82, 2.24) is 14.7 Å². The van der Waals surface area contributed by atoms with Gasteiger partial charge < -0.3 is 4.74 Å². The Morgan fingerprint density at radius 1 is 0.929 bits per heavy atom. The smallest absolute Gasteiger partial charge is 0.307 e. The quantitative estimate of drug-likeness (QED) is 0.489. The van der Waals surface area contributed by atoms with Crippen molar-refractivity contribution in [3.8, 4) is 5.69 Å². The molecule has 140 valence electrons. The second kappa shape index (κ2) is 7.48. The number of esters is 1. The lowest BCUT2D eigenvalue weighted by molar-refractivity contribution is -0.146. The summed E-state index contributed by atoms with van der Waals surface area (Å²) < 4.78 is 6.86. The van der Waals surface area contributed by atoms with Crippen LogP contribution >= 0.6 is 0 Å². The van der Waals surface area contributed by atoms with Crippen molar-refractivity contribution >= 4 is 17.8 Å². The summed E-state index contributed by atoms with van der Waals surface area (Å²) in [6.45, 7) is -0.380. The molecule has 2 aromatic carbocycles. The molecule has 0 unspecified atom stereocenters. The monoisotopic (exact) mass is 375 g/mol. The molecule has 2 heterocycles. The molecule has 0 aliphatic carbocycles. The summed E-state index contributed by atoms with van der Waals surface area (Å²) in [6.07, 6.45) is 4.13. The highest BCUT2D eigenvalue weighted by Crippen LogP contribution is 2.22. The van der Waals surface area contributed by atoms with Gasteiger partial charge in [0.2, 0.25) is 0 Å². The van der Waals surface area contributed by atoms with Crippen molar-refractivity contribution in [2.24, 2.45) is 0 Å². The maximum Gasteiger partial charge on any atom is 0.307 e. The topological polar surface area (TPSA) is 81.5 Å². The number of carbonyl (C=O) groups is 3. The predicted molar refractivity (Wildman–Crippen MR) is 99.8 cm³/mol. The fourth-order valence-corrected chi connectivity index (χ4v) is 3.02. The largest absolute Gasteiger partial charge is 0.444 e. The van der Waals surface area contributed by atoms with Crippen LogP contribution in [-0.2, 0) is 16.0 Å². The lowest BCUT2D eigenvalue weighted by atomic mass is 10.1. The minimum absolute atomic E-state index is 0.129. The molecule has 0 saturated heterocycles. The van der Waals surface area contributed by atoms with Gasteiger partial charge in [-0.2, -0.15) is 5.10 Å². The zero-order chi connectivity index (χ0) is 19.5. The van der Waals surface area contributed by atoms with Crippen molar-refractivity contribution in [3.63, 3.8) is 0 Å². The van der Waals surface area contributed by atoms with Crippen LogP contribution in [0, 0.1) is 0 Å². The number of benzene rings is 2. The number of hydrogen-bond donors (Lipinski definition) is 0. The van der Waals surface area contributed by atoms with E-state index in [0.717, 1.165) is 16.2 Å². The van der Waals surface area contributed by atoms with Crippen LogP contribution in [0.4, 0.5) is 0 Å². The highest BCUT2D eigenvalue weighted by atomic mass is 16.5. The van der Waals surface area contributed by atoms with Gasteiger partial charge in [-0.3, -0.25) is 14.4 Å². The summed E-state index contributed by atoms with van der Waals surface area (Å²) in [6, 6.07) is 16.2. The van der Waals surface area contributed by atoms with E-state index in [1.54, 1.807) is 35.1 Å². The summed E-state index contributed by atoms with van der Waals surface area (Å²) in [5.41, 5.74) is 2.48. The van der Waals surface area contributed by atoms with Crippen LogP contribution in [0.2, 0.25) is 0 Å². The van der Waals surface area contributed by atoms with Crippen LogP contribution in [0.15, 0.2) is 67.0 Å². The molecule has 0 saturated carbocycles. The minimum Gasteiger partial charge on any atom is -0.444 e. The average molecular weight is 375 g/mol. The molecular weight excluding hydrogens is 358 g/mol. The molecule has 0 spiro atoms. The van der Waals surface area contributed by atoms with E-state index in [9.17, 15) is 14.4 Å². The Hall–Kier alpha value is -3.74. The van der Waals surface area contributed by atoms with Gasteiger partial charge in [0.25, 0.3) is 11.8 Å². The molecule has 0 bridgehead atoms. The first-order chi connectivity index (χ1) is 13.6. The van der Waals surface area contributed by atoms with E-state index in [-0.39, 0.29) is 13.2 Å². The normalized spacial score (nSPS) is 12.9. The maximum absolute atomic E-state index is 12.2. The zero-order valence-electron chi connectivity index (χ0n) is 14.9. The number of hydrogen-bond acceptors (Lipinski definition) is 5. The molecule has 7 nitrogen and oxygen atoms in total. The first-order valence-corrected chi connectivity index (χ1v) is 8.83. The Morgan fingerprint density at radius 2 is 1.57 bits per heavy atom. The number of nitrogens with zero attached hydrogens (tertiary/aromatic N) is 3. The summed E-state index contributed by atoms with van der Waals surface area (Å²) in [5.74, 6) is -1.38. The van der Waals surface area contributed by atoms with E-state index in [2.05, 4.69) is 5.10 Å². The number of carbonyl (C=O) groups excluding carboxylic acids is 3. The molecule has 0 fully saturated rings. The fourth-order valence-electron chi connectivity index (χ4n) is 3.02. The van der Waals surface area contributed by atoms with E-state index in [1.807, 2.05) is 36.5 Å². The Kier molecular flexibility index (Phi) is 4.72. The van der Waals surface area contributed by atoms with Crippen molar-refractivity contribution in [2.75, 3.05) is 6.73 Å². The van der Waals surface area contributed by atoms with Crippen molar-refractivity contribution in [1.29, 1.82) is 0 Å². The third kappa shape index (κ3) is 3.42. The predicted octanol–water partition coefficient (Wildman–Crippen LogP) is 2.60. The third-order valence-corrected chi connectivity index (χ3v) is 4.51. The zero-order valence-corrected chi connectivity index (χ0v) is 14.9. The number of para-hydroxylation sites is 1. The molecule has 28 heavy (non-hydrogen) atoms. The van der Waals surface area contributed by atoms with Crippen LogP contribution in [0.25, 0.3) is 5.69 Å². The van der Waals surface area contributed by atoms with Crippen molar-refractivity contribution in [2.45, 2.75) is 12.8 Å². The molecule has 0 N–H and O–H groups in total. The van der Waals surface area contributed by atoms with Crippen LogP contribution in [-0.4, -0.2) is 39.2 Å². The molecule has 1 aliphatic rings. The molecule has 1 aromatic heterocycles. The van der Waals surface area contributed by atoms with E-state index < -0.39 is 17.8 Å². The minimum atomic E-state index is -0.482. The van der Waals surface area contributed by atoms with E-state index in [4.69, 9.17) is 4.74 Å². The summed E-state index contributed by atoms with van der Waals surface area (Å²) in [4.78, 5) is 37.5. The lowest BCUT2D eigenvalue weighted by Gasteiger charge is -2.13. The first kappa shape index (κ1) is 17.7. The molecule has 1 aliphatic heterocycles. The number of amides is 2. The van der Waals surface area contributed by atoms with Gasteiger partial charge in [0.1, 0.15) is 0 Å². The number of fused-ring (bicyclic) bond motifs is 1. The molecule has 0 atom stereocenters. The van der Waals surface area contributed by atoms with Gasteiger partial charge in [-0.1, -0.05) is 30.3 Å². The molecular formula is C21H17N3O4. The Balaban J connectivity index is 1.30. The molecule has 7 heteroatoms. The van der Waals surface area contributed by atoms with Gasteiger partial charge >= 0.3 is 5.97 Å². The second-order valence-electron chi connectivity index (χ2n) is 6.36.